The second-order valence-corrected chi connectivity index (χ2v) is 6.65. The van der Waals surface area contributed by atoms with E-state index in [4.69, 9.17) is 11.6 Å². The summed E-state index contributed by atoms with van der Waals surface area (Å²) in [5.74, 6) is 1.18. The monoisotopic (exact) mass is 343 g/mol. The van der Waals surface area contributed by atoms with Crippen LogP contribution in [0.25, 0.3) is 0 Å². The highest BCUT2D eigenvalue weighted by Crippen LogP contribution is 2.21. The number of benzene rings is 1. The number of piperidine rings is 1. The lowest BCUT2D eigenvalue weighted by molar-refractivity contribution is -0.131. The van der Waals surface area contributed by atoms with Gasteiger partial charge in [-0.1, -0.05) is 29.8 Å². The number of hydrogen-bond acceptors (Lipinski definition) is 3. The molecule has 5 heteroatoms. The number of carbonyl (C=O) groups excluding carboxylic acids is 1. The van der Waals surface area contributed by atoms with Gasteiger partial charge in [-0.3, -0.25) is 4.79 Å². The fourth-order valence-corrected chi connectivity index (χ4v) is 3.27. The molecule has 1 amide bonds. The molecule has 1 fully saturated rings. The molecular formula is C19H22ClN3O. The number of aromatic nitrogens is 1. The third-order valence-electron chi connectivity index (χ3n) is 4.64. The summed E-state index contributed by atoms with van der Waals surface area (Å²) in [6, 6.07) is 13.9. The van der Waals surface area contributed by atoms with Crippen LogP contribution in [0.1, 0.15) is 18.4 Å². The van der Waals surface area contributed by atoms with E-state index < -0.39 is 0 Å². The molecule has 3 rings (SSSR count). The lowest BCUT2D eigenvalue weighted by atomic mass is 10.0. The topological polar surface area (TPSA) is 36.4 Å². The third-order valence-corrected chi connectivity index (χ3v) is 4.90. The van der Waals surface area contributed by atoms with Crippen molar-refractivity contribution in [1.29, 1.82) is 0 Å². The van der Waals surface area contributed by atoms with Crippen molar-refractivity contribution in [2.45, 2.75) is 25.3 Å². The fraction of sp³-hybridized carbons (Fsp3) is 0.368. The molecule has 0 radical (unpaired) electrons. The van der Waals surface area contributed by atoms with Gasteiger partial charge in [0.2, 0.25) is 5.91 Å². The van der Waals surface area contributed by atoms with E-state index in [1.165, 1.54) is 0 Å². The molecule has 0 bridgehead atoms. The van der Waals surface area contributed by atoms with Crippen molar-refractivity contribution in [2.24, 2.45) is 0 Å². The first-order chi connectivity index (χ1) is 11.6. The number of amides is 1. The highest BCUT2D eigenvalue weighted by molar-refractivity contribution is 6.30. The van der Waals surface area contributed by atoms with Gasteiger partial charge in [-0.25, -0.2) is 4.98 Å². The number of anilines is 1. The van der Waals surface area contributed by atoms with Gasteiger partial charge in [0, 0.05) is 37.4 Å². The van der Waals surface area contributed by atoms with Crippen LogP contribution in [-0.4, -0.2) is 42.0 Å². The minimum atomic E-state index is 0.191. The van der Waals surface area contributed by atoms with Crippen molar-refractivity contribution in [1.82, 2.24) is 9.88 Å². The van der Waals surface area contributed by atoms with Gasteiger partial charge in [-0.15, -0.1) is 0 Å². The Morgan fingerprint density at radius 2 is 1.92 bits per heavy atom. The zero-order valence-electron chi connectivity index (χ0n) is 13.9. The van der Waals surface area contributed by atoms with E-state index in [2.05, 4.69) is 16.9 Å². The minimum absolute atomic E-state index is 0.191. The van der Waals surface area contributed by atoms with Crippen molar-refractivity contribution in [2.75, 3.05) is 25.0 Å². The summed E-state index contributed by atoms with van der Waals surface area (Å²) in [4.78, 5) is 21.1. The number of pyridine rings is 1. The molecule has 4 nitrogen and oxygen atoms in total. The van der Waals surface area contributed by atoms with Gasteiger partial charge in [0.05, 0.1) is 6.42 Å². The summed E-state index contributed by atoms with van der Waals surface area (Å²) < 4.78 is 0. The predicted molar refractivity (Wildman–Crippen MR) is 97.4 cm³/mol. The highest BCUT2D eigenvalue weighted by Gasteiger charge is 2.25. The van der Waals surface area contributed by atoms with E-state index >= 15 is 0 Å². The van der Waals surface area contributed by atoms with E-state index in [-0.39, 0.29) is 5.91 Å². The zero-order valence-corrected chi connectivity index (χ0v) is 14.6. The van der Waals surface area contributed by atoms with Crippen LogP contribution in [0, 0.1) is 0 Å². The quantitative estimate of drug-likeness (QED) is 0.853. The summed E-state index contributed by atoms with van der Waals surface area (Å²) >= 11 is 5.89. The van der Waals surface area contributed by atoms with Crippen molar-refractivity contribution in [3.05, 3.63) is 59.2 Å². The van der Waals surface area contributed by atoms with Gasteiger partial charge < -0.3 is 9.80 Å². The van der Waals surface area contributed by atoms with Gasteiger partial charge in [0.25, 0.3) is 0 Å². The van der Waals surface area contributed by atoms with Gasteiger partial charge in [-0.2, -0.15) is 0 Å². The summed E-state index contributed by atoms with van der Waals surface area (Å²) in [7, 11) is 2.08. The standard InChI is InChI=1S/C19H22ClN3O/c1-22(18-4-2-3-11-21-18)17-9-12-23(13-10-17)19(24)14-15-5-7-16(20)8-6-15/h2-8,11,17H,9-10,12-14H2,1H3. The normalized spacial score (nSPS) is 15.3. The van der Waals surface area contributed by atoms with Crippen LogP contribution in [-0.2, 0) is 11.2 Å². The summed E-state index contributed by atoms with van der Waals surface area (Å²) in [5, 5.41) is 0.699. The highest BCUT2D eigenvalue weighted by atomic mass is 35.5. The van der Waals surface area contributed by atoms with Crippen LogP contribution in [0.15, 0.2) is 48.7 Å². The molecule has 1 aliphatic heterocycles. The predicted octanol–water partition coefficient (Wildman–Crippen LogP) is 3.40. The number of halogens is 1. The molecule has 0 spiro atoms. The van der Waals surface area contributed by atoms with Crippen LogP contribution in [0.2, 0.25) is 5.02 Å². The molecule has 24 heavy (non-hydrogen) atoms. The smallest absolute Gasteiger partial charge is 0.226 e. The van der Waals surface area contributed by atoms with E-state index in [9.17, 15) is 4.79 Å². The van der Waals surface area contributed by atoms with Crippen molar-refractivity contribution in [3.63, 3.8) is 0 Å². The molecule has 126 valence electrons. The Morgan fingerprint density at radius 1 is 1.21 bits per heavy atom. The van der Waals surface area contributed by atoms with Crippen molar-refractivity contribution >= 4 is 23.3 Å². The summed E-state index contributed by atoms with van der Waals surface area (Å²) in [6.45, 7) is 1.60. The third kappa shape index (κ3) is 4.06. The lowest BCUT2D eigenvalue weighted by Gasteiger charge is -2.37. The van der Waals surface area contributed by atoms with Crippen molar-refractivity contribution in [3.8, 4) is 0 Å². The SMILES string of the molecule is CN(c1ccccn1)C1CCN(C(=O)Cc2ccc(Cl)cc2)CC1. The molecule has 0 saturated carbocycles. The van der Waals surface area contributed by atoms with E-state index in [0.29, 0.717) is 17.5 Å². The first-order valence-electron chi connectivity index (χ1n) is 8.29. The Kier molecular flexibility index (Phi) is 5.36. The average molecular weight is 344 g/mol. The second kappa shape index (κ2) is 7.67. The Morgan fingerprint density at radius 3 is 2.54 bits per heavy atom. The van der Waals surface area contributed by atoms with Gasteiger partial charge in [0.1, 0.15) is 5.82 Å². The molecule has 0 aliphatic carbocycles. The summed E-state index contributed by atoms with van der Waals surface area (Å²) in [6.07, 6.45) is 4.20. The summed E-state index contributed by atoms with van der Waals surface area (Å²) in [5.41, 5.74) is 1.01. The fourth-order valence-electron chi connectivity index (χ4n) is 3.14. The number of nitrogens with zero attached hydrogens (tertiary/aromatic N) is 3. The van der Waals surface area contributed by atoms with Crippen LogP contribution >= 0.6 is 11.6 Å². The average Bonchev–Trinajstić information content (AvgIpc) is 2.64. The molecule has 1 saturated heterocycles. The maximum Gasteiger partial charge on any atom is 0.226 e. The van der Waals surface area contributed by atoms with E-state index in [1.54, 1.807) is 0 Å². The minimum Gasteiger partial charge on any atom is -0.357 e. The Balaban J connectivity index is 1.53. The number of rotatable bonds is 4. The molecule has 1 aliphatic rings. The molecule has 2 aromatic rings. The molecule has 0 atom stereocenters. The van der Waals surface area contributed by atoms with Crippen LogP contribution < -0.4 is 4.90 Å². The molecule has 1 aromatic heterocycles. The maximum atomic E-state index is 12.5. The largest absolute Gasteiger partial charge is 0.357 e. The van der Waals surface area contributed by atoms with Crippen LogP contribution in [0.5, 0.6) is 0 Å². The van der Waals surface area contributed by atoms with Gasteiger partial charge in [-0.05, 0) is 42.7 Å². The maximum absolute atomic E-state index is 12.5. The second-order valence-electron chi connectivity index (χ2n) is 6.21. The molecular weight excluding hydrogens is 322 g/mol. The first-order valence-corrected chi connectivity index (χ1v) is 8.67. The van der Waals surface area contributed by atoms with E-state index in [1.807, 2.05) is 53.6 Å². The molecule has 0 N–H and O–H groups in total. The Labute approximate surface area is 148 Å². The van der Waals surface area contributed by atoms with Crippen LogP contribution in [0.4, 0.5) is 5.82 Å². The van der Waals surface area contributed by atoms with Crippen molar-refractivity contribution < 1.29 is 4.79 Å². The Bertz CT molecular complexity index is 667. The van der Waals surface area contributed by atoms with Crippen LogP contribution in [0.3, 0.4) is 0 Å². The molecule has 2 heterocycles. The molecule has 1 aromatic carbocycles. The van der Waals surface area contributed by atoms with Gasteiger partial charge >= 0.3 is 0 Å². The van der Waals surface area contributed by atoms with Gasteiger partial charge in [0.15, 0.2) is 0 Å². The number of carbonyl (C=O) groups is 1. The zero-order chi connectivity index (χ0) is 16.9. The van der Waals surface area contributed by atoms with E-state index in [0.717, 1.165) is 37.3 Å². The number of likely N-dealkylation sites (tertiary alicyclic amines) is 1. The number of hydrogen-bond donors (Lipinski definition) is 0. The molecule has 0 unspecified atom stereocenters. The Hall–Kier alpha value is -2.07. The first kappa shape index (κ1) is 16.8. The lowest BCUT2D eigenvalue weighted by Crippen LogP contribution is -2.46.